The van der Waals surface area contributed by atoms with E-state index in [1.54, 1.807) is 24.3 Å². The van der Waals surface area contributed by atoms with E-state index < -0.39 is 24.5 Å². The molecule has 28 heavy (non-hydrogen) atoms. The van der Waals surface area contributed by atoms with Gasteiger partial charge in [0.2, 0.25) is 0 Å². The van der Waals surface area contributed by atoms with Crippen LogP contribution in [0.4, 0.5) is 5.00 Å². The quantitative estimate of drug-likeness (QED) is 0.714. The van der Waals surface area contributed by atoms with Gasteiger partial charge in [0.1, 0.15) is 10.8 Å². The minimum atomic E-state index is -0.611. The van der Waals surface area contributed by atoms with Crippen LogP contribution in [0.2, 0.25) is 0 Å². The first-order valence-electron chi connectivity index (χ1n) is 8.96. The minimum absolute atomic E-state index is 0.321. The summed E-state index contributed by atoms with van der Waals surface area (Å²) in [4.78, 5) is 37.5. The van der Waals surface area contributed by atoms with Gasteiger partial charge in [0.05, 0.1) is 24.8 Å². The van der Waals surface area contributed by atoms with E-state index in [0.29, 0.717) is 28.5 Å². The minimum Gasteiger partial charge on any atom is -0.494 e. The van der Waals surface area contributed by atoms with E-state index in [1.165, 1.54) is 18.4 Å². The number of carbonyl (C=O) groups is 3. The van der Waals surface area contributed by atoms with Crippen LogP contribution in [0, 0.1) is 0 Å². The third-order valence-corrected chi connectivity index (χ3v) is 5.51. The Balaban J connectivity index is 1.60. The average molecular weight is 403 g/mol. The number of fused-ring (bicyclic) bond motifs is 1. The lowest BCUT2D eigenvalue weighted by Gasteiger charge is -2.08. The summed E-state index contributed by atoms with van der Waals surface area (Å²) in [5.74, 6) is -0.941. The molecule has 0 spiro atoms. The van der Waals surface area contributed by atoms with Crippen molar-refractivity contribution in [2.24, 2.45) is 0 Å². The van der Waals surface area contributed by atoms with Crippen molar-refractivity contribution in [3.8, 4) is 5.75 Å². The number of aryl methyl sites for hydroxylation is 1. The molecule has 1 aliphatic carbocycles. The molecule has 0 fully saturated rings. The summed E-state index contributed by atoms with van der Waals surface area (Å²) in [5.41, 5.74) is 1.67. The first-order chi connectivity index (χ1) is 13.5. The summed E-state index contributed by atoms with van der Waals surface area (Å²) in [6.45, 7) is 1.95. The molecule has 0 saturated carbocycles. The molecule has 2 aromatic rings. The smallest absolute Gasteiger partial charge is 0.341 e. The number of hydrogen-bond donors (Lipinski definition) is 1. The van der Waals surface area contributed by atoms with Crippen molar-refractivity contribution in [1.29, 1.82) is 0 Å². The van der Waals surface area contributed by atoms with Crippen molar-refractivity contribution in [1.82, 2.24) is 0 Å². The average Bonchev–Trinajstić information content (AvgIpc) is 3.27. The molecule has 1 aromatic heterocycles. The number of anilines is 1. The fraction of sp³-hybridized carbons (Fsp3) is 0.350. The molecule has 1 N–H and O–H groups in total. The highest BCUT2D eigenvalue weighted by Gasteiger charge is 2.28. The number of rotatable bonds is 7. The predicted molar refractivity (Wildman–Crippen MR) is 104 cm³/mol. The lowest BCUT2D eigenvalue weighted by Crippen LogP contribution is -2.21. The molecular weight excluding hydrogens is 382 g/mol. The number of ether oxygens (including phenoxy) is 3. The lowest BCUT2D eigenvalue weighted by molar-refractivity contribution is -0.119. The fourth-order valence-corrected chi connectivity index (χ4v) is 4.33. The SMILES string of the molecule is CCOc1ccc(C(=O)OCC(=O)Nc2sc3c(c2C(=O)OC)CCC3)cc1. The summed E-state index contributed by atoms with van der Waals surface area (Å²) >= 11 is 1.37. The number of methoxy groups -OCH3 is 1. The second-order valence-electron chi connectivity index (χ2n) is 6.13. The van der Waals surface area contributed by atoms with Gasteiger partial charge in [-0.3, -0.25) is 4.79 Å². The molecule has 1 heterocycles. The van der Waals surface area contributed by atoms with Crippen LogP contribution < -0.4 is 10.1 Å². The third kappa shape index (κ3) is 4.33. The van der Waals surface area contributed by atoms with Crippen LogP contribution in [0.25, 0.3) is 0 Å². The van der Waals surface area contributed by atoms with Gasteiger partial charge < -0.3 is 19.5 Å². The van der Waals surface area contributed by atoms with Crippen LogP contribution in [0.3, 0.4) is 0 Å². The van der Waals surface area contributed by atoms with Gasteiger partial charge in [-0.2, -0.15) is 0 Å². The van der Waals surface area contributed by atoms with Gasteiger partial charge in [-0.1, -0.05) is 0 Å². The number of nitrogens with one attached hydrogen (secondary N) is 1. The maximum Gasteiger partial charge on any atom is 0.341 e. The third-order valence-electron chi connectivity index (χ3n) is 4.30. The van der Waals surface area contributed by atoms with E-state index in [1.807, 2.05) is 6.92 Å². The van der Waals surface area contributed by atoms with E-state index in [4.69, 9.17) is 14.2 Å². The molecule has 0 unspecified atom stereocenters. The second kappa shape index (κ2) is 8.88. The zero-order chi connectivity index (χ0) is 20.1. The van der Waals surface area contributed by atoms with Gasteiger partial charge in [0.15, 0.2) is 6.61 Å². The van der Waals surface area contributed by atoms with Gasteiger partial charge in [0.25, 0.3) is 5.91 Å². The van der Waals surface area contributed by atoms with Crippen molar-refractivity contribution in [3.05, 3.63) is 45.8 Å². The van der Waals surface area contributed by atoms with Crippen LogP contribution in [-0.4, -0.2) is 38.2 Å². The Labute approximate surface area is 166 Å². The molecule has 148 valence electrons. The molecule has 7 nitrogen and oxygen atoms in total. The van der Waals surface area contributed by atoms with Crippen LogP contribution in [0.15, 0.2) is 24.3 Å². The summed E-state index contributed by atoms with van der Waals surface area (Å²) in [6.07, 6.45) is 2.66. The number of benzene rings is 1. The largest absolute Gasteiger partial charge is 0.494 e. The highest BCUT2D eigenvalue weighted by atomic mass is 32.1. The van der Waals surface area contributed by atoms with E-state index in [0.717, 1.165) is 29.7 Å². The van der Waals surface area contributed by atoms with Crippen LogP contribution in [-0.2, 0) is 27.1 Å². The molecule has 8 heteroatoms. The van der Waals surface area contributed by atoms with Crippen molar-refractivity contribution >= 4 is 34.2 Å². The molecule has 0 aliphatic heterocycles. The molecule has 0 bridgehead atoms. The Bertz CT molecular complexity index is 887. The summed E-state index contributed by atoms with van der Waals surface area (Å²) in [5, 5.41) is 3.11. The first kappa shape index (κ1) is 19.9. The van der Waals surface area contributed by atoms with Crippen molar-refractivity contribution < 1.29 is 28.6 Å². The molecule has 0 radical (unpaired) electrons. The first-order valence-corrected chi connectivity index (χ1v) is 9.77. The van der Waals surface area contributed by atoms with Crippen LogP contribution >= 0.6 is 11.3 Å². The Hall–Kier alpha value is -2.87. The maximum atomic E-state index is 12.2. The molecular formula is C20H21NO6S. The highest BCUT2D eigenvalue weighted by Crippen LogP contribution is 2.39. The number of carbonyl (C=O) groups excluding carboxylic acids is 3. The number of thiophene rings is 1. The van der Waals surface area contributed by atoms with Crippen molar-refractivity contribution in [2.45, 2.75) is 26.2 Å². The van der Waals surface area contributed by atoms with Crippen molar-refractivity contribution in [3.63, 3.8) is 0 Å². The summed E-state index contributed by atoms with van der Waals surface area (Å²) in [6, 6.07) is 6.47. The monoisotopic (exact) mass is 403 g/mol. The van der Waals surface area contributed by atoms with E-state index in [9.17, 15) is 14.4 Å². The van der Waals surface area contributed by atoms with Gasteiger partial charge in [-0.15, -0.1) is 11.3 Å². The maximum absolute atomic E-state index is 12.2. The Kier molecular flexibility index (Phi) is 6.30. The molecule has 1 aromatic carbocycles. The Morgan fingerprint density at radius 3 is 2.54 bits per heavy atom. The standard InChI is InChI=1S/C20H21NO6S/c1-3-26-13-9-7-12(8-10-13)19(23)27-11-16(22)21-18-17(20(24)25-2)14-5-4-6-15(14)28-18/h7-10H,3-6,11H2,1-2H3,(H,21,22). The Morgan fingerprint density at radius 1 is 1.11 bits per heavy atom. The zero-order valence-electron chi connectivity index (χ0n) is 15.7. The topological polar surface area (TPSA) is 90.9 Å². The van der Waals surface area contributed by atoms with E-state index in [2.05, 4.69) is 5.32 Å². The van der Waals surface area contributed by atoms with Gasteiger partial charge >= 0.3 is 11.9 Å². The molecule has 1 aliphatic rings. The van der Waals surface area contributed by atoms with E-state index >= 15 is 0 Å². The highest BCUT2D eigenvalue weighted by molar-refractivity contribution is 7.17. The predicted octanol–water partition coefficient (Wildman–Crippen LogP) is 3.22. The number of hydrogen-bond acceptors (Lipinski definition) is 7. The summed E-state index contributed by atoms with van der Waals surface area (Å²) in [7, 11) is 1.31. The Morgan fingerprint density at radius 2 is 1.86 bits per heavy atom. The van der Waals surface area contributed by atoms with E-state index in [-0.39, 0.29) is 0 Å². The van der Waals surface area contributed by atoms with Gasteiger partial charge in [-0.05, 0) is 56.0 Å². The number of amides is 1. The molecule has 0 atom stereocenters. The second-order valence-corrected chi connectivity index (χ2v) is 7.24. The zero-order valence-corrected chi connectivity index (χ0v) is 16.5. The van der Waals surface area contributed by atoms with Crippen molar-refractivity contribution in [2.75, 3.05) is 25.6 Å². The normalized spacial score (nSPS) is 12.2. The van der Waals surface area contributed by atoms with Gasteiger partial charge in [-0.25, -0.2) is 9.59 Å². The molecule has 3 rings (SSSR count). The van der Waals surface area contributed by atoms with Crippen LogP contribution in [0.1, 0.15) is 44.5 Å². The fourth-order valence-electron chi connectivity index (χ4n) is 3.04. The summed E-state index contributed by atoms with van der Waals surface area (Å²) < 4.78 is 15.2. The lowest BCUT2D eigenvalue weighted by atomic mass is 10.1. The molecule has 0 saturated heterocycles. The number of esters is 2. The van der Waals surface area contributed by atoms with Gasteiger partial charge in [0, 0.05) is 4.88 Å². The molecule has 1 amide bonds. The van der Waals surface area contributed by atoms with Crippen LogP contribution in [0.5, 0.6) is 5.75 Å².